The Morgan fingerprint density at radius 1 is 0.870 bits per heavy atom. The van der Waals surface area contributed by atoms with Gasteiger partial charge in [0.15, 0.2) is 0 Å². The van der Waals surface area contributed by atoms with Crippen LogP contribution in [0.15, 0.2) is 108 Å². The summed E-state index contributed by atoms with van der Waals surface area (Å²) < 4.78 is 48.3. The first-order valence-corrected chi connectivity index (χ1v) is 16.6. The number of hydrogen-bond donors (Lipinski definition) is 1. The van der Waals surface area contributed by atoms with E-state index in [0.29, 0.717) is 12.2 Å². The van der Waals surface area contributed by atoms with Crippen molar-refractivity contribution in [1.82, 2.24) is 10.2 Å². The van der Waals surface area contributed by atoms with Gasteiger partial charge in [-0.3, -0.25) is 13.9 Å². The zero-order valence-corrected chi connectivity index (χ0v) is 27.3. The average Bonchev–Trinajstić information content (AvgIpc) is 3.06. The molecule has 0 fully saturated rings. The van der Waals surface area contributed by atoms with Crippen molar-refractivity contribution in [3.63, 3.8) is 0 Å². The summed E-state index contributed by atoms with van der Waals surface area (Å²) in [6, 6.07) is 26.6. The Morgan fingerprint density at radius 2 is 1.50 bits per heavy atom. The average molecular weight is 646 g/mol. The first-order chi connectivity index (χ1) is 22.0. The minimum atomic E-state index is -4.32. The third-order valence-electron chi connectivity index (χ3n) is 7.79. The topological polar surface area (TPSA) is 96.0 Å². The molecule has 0 saturated carbocycles. The molecule has 0 aromatic heterocycles. The van der Waals surface area contributed by atoms with Crippen molar-refractivity contribution in [1.29, 1.82) is 0 Å². The summed E-state index contributed by atoms with van der Waals surface area (Å²) in [7, 11) is -2.85. The monoisotopic (exact) mass is 645 g/mol. The molecule has 0 spiro atoms. The number of nitrogens with one attached hydrogen (secondary N) is 1. The lowest BCUT2D eigenvalue weighted by Crippen LogP contribution is -2.54. The van der Waals surface area contributed by atoms with E-state index in [0.717, 1.165) is 33.1 Å². The predicted molar refractivity (Wildman–Crippen MR) is 177 cm³/mol. The highest BCUT2D eigenvalue weighted by Gasteiger charge is 2.35. The highest BCUT2D eigenvalue weighted by Crippen LogP contribution is 2.27. The second-order valence-electron chi connectivity index (χ2n) is 11.2. The number of rotatable bonds is 14. The van der Waals surface area contributed by atoms with Crippen LogP contribution < -0.4 is 14.4 Å². The van der Waals surface area contributed by atoms with Crippen LogP contribution in [0.1, 0.15) is 37.0 Å². The van der Waals surface area contributed by atoms with Crippen molar-refractivity contribution >= 4 is 27.5 Å². The van der Waals surface area contributed by atoms with E-state index in [-0.39, 0.29) is 35.5 Å². The van der Waals surface area contributed by atoms with Crippen LogP contribution in [0.5, 0.6) is 5.75 Å². The van der Waals surface area contributed by atoms with Crippen LogP contribution in [0, 0.1) is 12.7 Å². The van der Waals surface area contributed by atoms with Crippen molar-refractivity contribution in [2.75, 3.05) is 18.0 Å². The SMILES string of the molecule is CC[C@@H](C)NC(=O)[C@H](Cc1ccccc1)N(Cc1ccc(C)cc1)C(=O)CN(c1ccc(F)cc1)S(=O)(=O)c1ccc(OC)cc1. The normalized spacial score (nSPS) is 12.5. The Morgan fingerprint density at radius 3 is 2.09 bits per heavy atom. The van der Waals surface area contributed by atoms with Crippen LogP contribution in [-0.4, -0.2) is 50.9 Å². The van der Waals surface area contributed by atoms with Crippen LogP contribution in [0.2, 0.25) is 0 Å². The Kier molecular flexibility index (Phi) is 11.5. The fourth-order valence-corrected chi connectivity index (χ4v) is 6.31. The number of nitrogens with zero attached hydrogens (tertiary/aromatic N) is 2. The maximum Gasteiger partial charge on any atom is 0.264 e. The van der Waals surface area contributed by atoms with Gasteiger partial charge < -0.3 is 15.0 Å². The highest BCUT2D eigenvalue weighted by molar-refractivity contribution is 7.92. The van der Waals surface area contributed by atoms with Crippen LogP contribution in [0.4, 0.5) is 10.1 Å². The molecule has 0 aliphatic carbocycles. The van der Waals surface area contributed by atoms with Crippen molar-refractivity contribution < 1.29 is 27.1 Å². The first kappa shape index (κ1) is 34.2. The molecule has 4 aromatic carbocycles. The second-order valence-corrected chi connectivity index (χ2v) is 13.1. The van der Waals surface area contributed by atoms with E-state index < -0.39 is 34.3 Å². The van der Waals surface area contributed by atoms with Crippen LogP contribution >= 0.6 is 0 Å². The molecule has 1 N–H and O–H groups in total. The lowest BCUT2D eigenvalue weighted by Gasteiger charge is -2.34. The molecule has 0 bridgehead atoms. The maximum atomic E-state index is 14.5. The largest absolute Gasteiger partial charge is 0.497 e. The summed E-state index contributed by atoms with van der Waals surface area (Å²) in [6.45, 7) is 5.23. The number of aryl methyl sites for hydroxylation is 1. The van der Waals surface area contributed by atoms with Crippen molar-refractivity contribution in [3.8, 4) is 5.75 Å². The van der Waals surface area contributed by atoms with E-state index >= 15 is 0 Å². The van der Waals surface area contributed by atoms with Gasteiger partial charge in [-0.2, -0.15) is 0 Å². The van der Waals surface area contributed by atoms with E-state index in [4.69, 9.17) is 4.74 Å². The Bertz CT molecular complexity index is 1700. The van der Waals surface area contributed by atoms with E-state index in [2.05, 4.69) is 5.32 Å². The number of carbonyl (C=O) groups is 2. The Balaban J connectivity index is 1.80. The molecule has 0 aliphatic heterocycles. The van der Waals surface area contributed by atoms with Gasteiger partial charge in [-0.15, -0.1) is 0 Å². The first-order valence-electron chi connectivity index (χ1n) is 15.1. The molecule has 8 nitrogen and oxygen atoms in total. The van der Waals surface area contributed by atoms with E-state index in [1.807, 2.05) is 75.4 Å². The molecule has 46 heavy (non-hydrogen) atoms. The number of carbonyl (C=O) groups excluding carboxylic acids is 2. The molecule has 2 amide bonds. The van der Waals surface area contributed by atoms with E-state index in [1.54, 1.807) is 0 Å². The van der Waals surface area contributed by atoms with Gasteiger partial charge in [-0.1, -0.05) is 67.1 Å². The van der Waals surface area contributed by atoms with Crippen molar-refractivity contribution in [3.05, 3.63) is 126 Å². The summed E-state index contributed by atoms with van der Waals surface area (Å²) in [5, 5.41) is 3.02. The van der Waals surface area contributed by atoms with Crippen LogP contribution in [0.25, 0.3) is 0 Å². The number of benzene rings is 4. The summed E-state index contributed by atoms with van der Waals surface area (Å²) in [6.07, 6.45) is 0.899. The number of amides is 2. The number of sulfonamides is 1. The quantitative estimate of drug-likeness (QED) is 0.185. The molecular formula is C36H40FN3O5S. The molecule has 0 radical (unpaired) electrons. The van der Waals surface area contributed by atoms with Crippen molar-refractivity contribution in [2.24, 2.45) is 0 Å². The molecule has 0 saturated heterocycles. The smallest absolute Gasteiger partial charge is 0.264 e. The fourth-order valence-electron chi connectivity index (χ4n) is 4.90. The van der Waals surface area contributed by atoms with Gasteiger partial charge in [0.2, 0.25) is 11.8 Å². The second kappa shape index (κ2) is 15.5. The zero-order chi connectivity index (χ0) is 33.3. The molecule has 10 heteroatoms. The van der Waals surface area contributed by atoms with Gasteiger partial charge >= 0.3 is 0 Å². The van der Waals surface area contributed by atoms with Gasteiger partial charge in [0, 0.05) is 19.0 Å². The molecule has 0 aliphatic rings. The summed E-state index contributed by atoms with van der Waals surface area (Å²) in [4.78, 5) is 29.7. The summed E-state index contributed by atoms with van der Waals surface area (Å²) in [5.41, 5.74) is 2.75. The Labute approximate surface area is 270 Å². The van der Waals surface area contributed by atoms with Gasteiger partial charge in [-0.05, 0) is 79.9 Å². The lowest BCUT2D eigenvalue weighted by atomic mass is 10.0. The minimum Gasteiger partial charge on any atom is -0.497 e. The maximum absolute atomic E-state index is 14.5. The van der Waals surface area contributed by atoms with Crippen molar-refractivity contribution in [2.45, 2.75) is 57.1 Å². The fraction of sp³-hybridized carbons (Fsp3) is 0.278. The minimum absolute atomic E-state index is 0.0599. The Hall–Kier alpha value is -4.70. The number of ether oxygens (including phenoxy) is 1. The van der Waals surface area contributed by atoms with Crippen LogP contribution in [0.3, 0.4) is 0 Å². The zero-order valence-electron chi connectivity index (χ0n) is 26.5. The number of halogens is 1. The molecule has 4 rings (SSSR count). The molecule has 242 valence electrons. The number of hydrogen-bond acceptors (Lipinski definition) is 5. The van der Waals surface area contributed by atoms with Gasteiger partial charge in [-0.25, -0.2) is 12.8 Å². The predicted octanol–water partition coefficient (Wildman–Crippen LogP) is 5.89. The van der Waals surface area contributed by atoms with Gasteiger partial charge in [0.1, 0.15) is 24.2 Å². The molecular weight excluding hydrogens is 605 g/mol. The summed E-state index contributed by atoms with van der Waals surface area (Å²) in [5.74, 6) is -1.03. The number of methoxy groups -OCH3 is 1. The lowest BCUT2D eigenvalue weighted by molar-refractivity contribution is -0.140. The third kappa shape index (κ3) is 8.72. The number of anilines is 1. The molecule has 0 unspecified atom stereocenters. The summed E-state index contributed by atoms with van der Waals surface area (Å²) >= 11 is 0. The molecule has 0 heterocycles. The van der Waals surface area contributed by atoms with Crippen LogP contribution in [-0.2, 0) is 32.6 Å². The molecule has 4 aromatic rings. The molecule has 2 atom stereocenters. The highest BCUT2D eigenvalue weighted by atomic mass is 32.2. The van der Waals surface area contributed by atoms with E-state index in [9.17, 15) is 22.4 Å². The standard InChI is InChI=1S/C36H40FN3O5S/c1-5-27(3)38-36(42)34(23-28-9-7-6-8-10-28)39(24-29-13-11-26(2)12-14-29)35(41)25-40(31-17-15-30(37)16-18-31)46(43,44)33-21-19-32(45-4)20-22-33/h6-22,27,34H,5,23-25H2,1-4H3,(H,38,42)/t27-,34+/m1/s1. The van der Waals surface area contributed by atoms with E-state index in [1.165, 1.54) is 48.4 Å². The van der Waals surface area contributed by atoms with Gasteiger partial charge in [0.05, 0.1) is 17.7 Å². The van der Waals surface area contributed by atoms with Gasteiger partial charge in [0.25, 0.3) is 10.0 Å². The third-order valence-corrected chi connectivity index (χ3v) is 9.57.